The number of para-hydroxylation sites is 1. The number of benzene rings is 2. The lowest BCUT2D eigenvalue weighted by Gasteiger charge is -2.07. The molecule has 0 unspecified atom stereocenters. The summed E-state index contributed by atoms with van der Waals surface area (Å²) < 4.78 is 2.18. The molecular weight excluding hydrogens is 352 g/mol. The van der Waals surface area contributed by atoms with E-state index >= 15 is 0 Å². The van der Waals surface area contributed by atoms with Gasteiger partial charge in [0.25, 0.3) is 0 Å². The van der Waals surface area contributed by atoms with E-state index < -0.39 is 0 Å². The predicted octanol–water partition coefficient (Wildman–Crippen LogP) is 4.16. The van der Waals surface area contributed by atoms with Crippen molar-refractivity contribution in [2.45, 2.75) is 13.5 Å². The molecule has 0 radical (unpaired) electrons. The highest BCUT2D eigenvalue weighted by Gasteiger charge is 2.08. The lowest BCUT2D eigenvalue weighted by molar-refractivity contribution is 0.836. The average Bonchev–Trinajstić information content (AvgIpc) is 2.95. The third-order valence-corrected chi connectivity index (χ3v) is 4.43. The van der Waals surface area contributed by atoms with Crippen molar-refractivity contribution >= 4 is 46.0 Å². The maximum absolute atomic E-state index is 6.31. The van der Waals surface area contributed by atoms with Gasteiger partial charge in [0.05, 0.1) is 6.21 Å². The van der Waals surface area contributed by atoms with E-state index in [1.54, 1.807) is 6.21 Å². The highest BCUT2D eigenvalue weighted by Crippen LogP contribution is 2.23. The Hall–Kier alpha value is -2.37. The molecule has 0 spiro atoms. The molecule has 0 saturated heterocycles. The summed E-state index contributed by atoms with van der Waals surface area (Å²) in [6.45, 7) is 3.45. The molecule has 4 nitrogen and oxygen atoms in total. The van der Waals surface area contributed by atoms with E-state index in [-0.39, 0.29) is 0 Å². The molecule has 2 aromatic carbocycles. The van der Waals surface area contributed by atoms with Gasteiger partial charge >= 0.3 is 0 Å². The first-order chi connectivity index (χ1) is 12.2. The zero-order chi connectivity index (χ0) is 17.6. The minimum absolute atomic E-state index is 0.513. The number of thiocarbonyl (C=S) groups is 1. The van der Waals surface area contributed by atoms with Gasteiger partial charge in [-0.3, -0.25) is 5.43 Å². The molecule has 6 heteroatoms. The zero-order valence-corrected chi connectivity index (χ0v) is 15.4. The fourth-order valence-corrected chi connectivity index (χ4v) is 3.07. The van der Waals surface area contributed by atoms with Crippen LogP contribution in [0.5, 0.6) is 0 Å². The molecule has 25 heavy (non-hydrogen) atoms. The normalized spacial score (nSPS) is 11.1. The fourth-order valence-electron chi connectivity index (χ4n) is 2.68. The Morgan fingerprint density at radius 1 is 1.20 bits per heavy atom. The van der Waals surface area contributed by atoms with Crippen molar-refractivity contribution in [3.8, 4) is 0 Å². The second-order valence-electron chi connectivity index (χ2n) is 5.55. The van der Waals surface area contributed by atoms with Crippen molar-refractivity contribution in [3.05, 3.63) is 70.9 Å². The van der Waals surface area contributed by atoms with Crippen LogP contribution in [0, 0.1) is 0 Å². The largest absolute Gasteiger partial charge is 0.362 e. The van der Waals surface area contributed by atoms with E-state index in [4.69, 9.17) is 23.8 Å². The Balaban J connectivity index is 1.89. The SMILES string of the molecule is CCNC(=S)NN=Cc1cn(Cc2ccccc2Cl)c2ccccc12. The second kappa shape index (κ2) is 8.14. The summed E-state index contributed by atoms with van der Waals surface area (Å²) in [5, 5.41) is 9.65. The lowest BCUT2D eigenvalue weighted by Crippen LogP contribution is -2.31. The standard InChI is InChI=1S/C19H19ClN4S/c1-2-21-19(25)23-22-11-15-13-24(18-10-6-4-8-16(15)18)12-14-7-3-5-9-17(14)20/h3-11,13H,2,12H2,1H3,(H2,21,23,25). The van der Waals surface area contributed by atoms with Gasteiger partial charge in [-0.15, -0.1) is 0 Å². The van der Waals surface area contributed by atoms with E-state index in [9.17, 15) is 0 Å². The smallest absolute Gasteiger partial charge is 0.186 e. The van der Waals surface area contributed by atoms with Gasteiger partial charge < -0.3 is 9.88 Å². The first kappa shape index (κ1) is 17.5. The molecule has 1 heterocycles. The number of nitrogens with zero attached hydrogens (tertiary/aromatic N) is 2. The molecule has 0 saturated carbocycles. The Kier molecular flexibility index (Phi) is 5.68. The number of fused-ring (bicyclic) bond motifs is 1. The van der Waals surface area contributed by atoms with Gasteiger partial charge in [0.15, 0.2) is 5.11 Å². The number of aromatic nitrogens is 1. The third kappa shape index (κ3) is 4.18. The number of nitrogens with one attached hydrogen (secondary N) is 2. The predicted molar refractivity (Wildman–Crippen MR) is 109 cm³/mol. The van der Waals surface area contributed by atoms with Gasteiger partial charge in [0, 0.05) is 40.8 Å². The van der Waals surface area contributed by atoms with Gasteiger partial charge in [-0.05, 0) is 36.8 Å². The molecule has 0 aliphatic carbocycles. The van der Waals surface area contributed by atoms with Crippen LogP contribution in [0.15, 0.2) is 59.8 Å². The van der Waals surface area contributed by atoms with Crippen LogP contribution >= 0.6 is 23.8 Å². The van der Waals surface area contributed by atoms with Crippen molar-refractivity contribution in [2.75, 3.05) is 6.54 Å². The van der Waals surface area contributed by atoms with Crippen LogP contribution in [0.3, 0.4) is 0 Å². The molecule has 0 fully saturated rings. The van der Waals surface area contributed by atoms with Crippen LogP contribution in [0.2, 0.25) is 5.02 Å². The molecule has 1 aromatic heterocycles. The van der Waals surface area contributed by atoms with Crippen molar-refractivity contribution in [2.24, 2.45) is 5.10 Å². The van der Waals surface area contributed by atoms with E-state index in [2.05, 4.69) is 38.7 Å². The van der Waals surface area contributed by atoms with Crippen molar-refractivity contribution in [3.63, 3.8) is 0 Å². The summed E-state index contributed by atoms with van der Waals surface area (Å²) in [6, 6.07) is 16.1. The van der Waals surface area contributed by atoms with Crippen LogP contribution in [-0.4, -0.2) is 22.4 Å². The van der Waals surface area contributed by atoms with Gasteiger partial charge in [0.2, 0.25) is 0 Å². The summed E-state index contributed by atoms with van der Waals surface area (Å²) in [7, 11) is 0. The van der Waals surface area contributed by atoms with Gasteiger partial charge in [-0.25, -0.2) is 0 Å². The van der Waals surface area contributed by atoms with Gasteiger partial charge in [0.1, 0.15) is 0 Å². The lowest BCUT2D eigenvalue weighted by atomic mass is 10.2. The first-order valence-corrected chi connectivity index (χ1v) is 8.86. The highest BCUT2D eigenvalue weighted by atomic mass is 35.5. The summed E-state index contributed by atoms with van der Waals surface area (Å²) in [4.78, 5) is 0. The minimum Gasteiger partial charge on any atom is -0.362 e. The number of hydrogen-bond acceptors (Lipinski definition) is 2. The van der Waals surface area contributed by atoms with Crippen LogP contribution in [0.4, 0.5) is 0 Å². The van der Waals surface area contributed by atoms with Crippen LogP contribution in [0.1, 0.15) is 18.1 Å². The fraction of sp³-hybridized carbons (Fsp3) is 0.158. The Morgan fingerprint density at radius 2 is 1.96 bits per heavy atom. The van der Waals surface area contributed by atoms with Crippen LogP contribution < -0.4 is 10.7 Å². The van der Waals surface area contributed by atoms with Gasteiger partial charge in [-0.2, -0.15) is 5.10 Å². The maximum Gasteiger partial charge on any atom is 0.186 e. The molecule has 0 aliphatic rings. The second-order valence-corrected chi connectivity index (χ2v) is 6.37. The van der Waals surface area contributed by atoms with Crippen molar-refractivity contribution in [1.29, 1.82) is 0 Å². The van der Waals surface area contributed by atoms with E-state index in [1.165, 1.54) is 0 Å². The summed E-state index contributed by atoms with van der Waals surface area (Å²) in [5.41, 5.74) is 6.07. The molecule has 128 valence electrons. The number of hydrogen-bond donors (Lipinski definition) is 2. The van der Waals surface area contributed by atoms with Crippen molar-refractivity contribution in [1.82, 2.24) is 15.3 Å². The molecular formula is C19H19ClN4S. The average molecular weight is 371 g/mol. The monoisotopic (exact) mass is 370 g/mol. The molecule has 3 aromatic rings. The van der Waals surface area contributed by atoms with Crippen LogP contribution in [-0.2, 0) is 6.54 Å². The quantitative estimate of drug-likeness (QED) is 0.402. The first-order valence-electron chi connectivity index (χ1n) is 8.07. The highest BCUT2D eigenvalue weighted by molar-refractivity contribution is 7.80. The topological polar surface area (TPSA) is 41.4 Å². The molecule has 0 atom stereocenters. The van der Waals surface area contributed by atoms with E-state index in [1.807, 2.05) is 43.3 Å². The Bertz CT molecular complexity index is 917. The Morgan fingerprint density at radius 3 is 2.76 bits per heavy atom. The Labute approximate surface area is 157 Å². The maximum atomic E-state index is 6.31. The van der Waals surface area contributed by atoms with E-state index in [0.717, 1.165) is 33.6 Å². The zero-order valence-electron chi connectivity index (χ0n) is 13.9. The van der Waals surface area contributed by atoms with E-state index in [0.29, 0.717) is 11.7 Å². The molecule has 0 aliphatic heterocycles. The number of halogens is 1. The molecule has 0 amide bonds. The molecule has 3 rings (SSSR count). The minimum atomic E-state index is 0.513. The number of rotatable bonds is 5. The molecule has 2 N–H and O–H groups in total. The molecule has 0 bridgehead atoms. The summed E-state index contributed by atoms with van der Waals surface area (Å²) >= 11 is 11.4. The summed E-state index contributed by atoms with van der Waals surface area (Å²) in [5.74, 6) is 0. The van der Waals surface area contributed by atoms with Crippen LogP contribution in [0.25, 0.3) is 10.9 Å². The van der Waals surface area contributed by atoms with Crippen molar-refractivity contribution < 1.29 is 0 Å². The summed E-state index contributed by atoms with van der Waals surface area (Å²) in [6.07, 6.45) is 3.87. The van der Waals surface area contributed by atoms with Gasteiger partial charge in [-0.1, -0.05) is 48.0 Å². The third-order valence-electron chi connectivity index (χ3n) is 3.82. The number of hydrazone groups is 1.